The molecule has 3 aromatic rings. The normalized spacial score (nSPS) is 10.9. The summed E-state index contributed by atoms with van der Waals surface area (Å²) in [6.45, 7) is 4.00. The maximum atomic E-state index is 6.00. The van der Waals surface area contributed by atoms with Crippen LogP contribution in [-0.4, -0.2) is 12.8 Å². The van der Waals surface area contributed by atoms with Gasteiger partial charge < -0.3 is 4.90 Å². The molecule has 0 spiro atoms. The molecule has 0 radical (unpaired) electrons. The van der Waals surface area contributed by atoms with Crippen LogP contribution in [0, 0.1) is 0 Å². The minimum absolute atomic E-state index is 0.499. The minimum atomic E-state index is 0.499. The fourth-order valence-electron chi connectivity index (χ4n) is 2.71. The molecule has 0 heterocycles. The summed E-state index contributed by atoms with van der Waals surface area (Å²) >= 11 is 11.9. The molecule has 138 valence electrons. The predicted molar refractivity (Wildman–Crippen MR) is 117 cm³/mol. The molecule has 0 aliphatic carbocycles. The van der Waals surface area contributed by atoms with E-state index in [-0.39, 0.29) is 0 Å². The maximum absolute atomic E-state index is 6.00. The Labute approximate surface area is 170 Å². The first-order valence-electron chi connectivity index (χ1n) is 8.79. The molecule has 0 fully saturated rings. The van der Waals surface area contributed by atoms with Crippen molar-refractivity contribution in [3.05, 3.63) is 94.0 Å². The van der Waals surface area contributed by atoms with E-state index in [0.717, 1.165) is 24.3 Å². The van der Waals surface area contributed by atoms with Crippen LogP contribution in [0.2, 0.25) is 10.0 Å². The fraction of sp³-hybridized carbons (Fsp3) is 0.136. The van der Waals surface area contributed by atoms with E-state index >= 15 is 0 Å². The number of nitrogens with zero attached hydrogens (tertiary/aromatic N) is 2. The Morgan fingerprint density at radius 1 is 0.926 bits per heavy atom. The van der Waals surface area contributed by atoms with Gasteiger partial charge in [-0.25, -0.2) is 0 Å². The lowest BCUT2D eigenvalue weighted by atomic mass is 10.1. The van der Waals surface area contributed by atoms with Crippen LogP contribution in [0.25, 0.3) is 0 Å². The summed E-state index contributed by atoms with van der Waals surface area (Å²) in [7, 11) is 0. The first-order valence-corrected chi connectivity index (χ1v) is 9.54. The van der Waals surface area contributed by atoms with Gasteiger partial charge in [-0.1, -0.05) is 65.7 Å². The van der Waals surface area contributed by atoms with E-state index in [4.69, 9.17) is 23.2 Å². The molecule has 0 saturated heterocycles. The smallest absolute Gasteiger partial charge is 0.0613 e. The van der Waals surface area contributed by atoms with Crippen molar-refractivity contribution in [3.8, 4) is 0 Å². The van der Waals surface area contributed by atoms with Gasteiger partial charge in [0, 0.05) is 18.8 Å². The second-order valence-electron chi connectivity index (χ2n) is 6.09. The van der Waals surface area contributed by atoms with Crippen LogP contribution in [0.1, 0.15) is 18.1 Å². The highest BCUT2D eigenvalue weighted by molar-refractivity contribution is 6.42. The summed E-state index contributed by atoms with van der Waals surface area (Å²) in [5, 5.41) is 5.28. The van der Waals surface area contributed by atoms with E-state index in [0.29, 0.717) is 10.0 Å². The lowest BCUT2D eigenvalue weighted by molar-refractivity contribution is 0.832. The number of benzene rings is 3. The van der Waals surface area contributed by atoms with Crippen molar-refractivity contribution in [2.45, 2.75) is 13.5 Å². The third-order valence-electron chi connectivity index (χ3n) is 4.18. The number of rotatable bonds is 7. The van der Waals surface area contributed by atoms with Crippen molar-refractivity contribution >= 4 is 40.8 Å². The minimum Gasteiger partial charge on any atom is -0.367 e. The number of nitrogens with one attached hydrogen (secondary N) is 1. The zero-order chi connectivity index (χ0) is 19.1. The van der Waals surface area contributed by atoms with Crippen molar-refractivity contribution in [1.29, 1.82) is 0 Å². The van der Waals surface area contributed by atoms with Gasteiger partial charge in [-0.05, 0) is 48.4 Å². The van der Waals surface area contributed by atoms with Gasteiger partial charge in [-0.3, -0.25) is 5.43 Å². The van der Waals surface area contributed by atoms with Gasteiger partial charge in [-0.2, -0.15) is 5.10 Å². The van der Waals surface area contributed by atoms with Gasteiger partial charge in [-0.15, -0.1) is 0 Å². The van der Waals surface area contributed by atoms with E-state index in [1.54, 1.807) is 18.3 Å². The van der Waals surface area contributed by atoms with E-state index < -0.39 is 0 Å². The van der Waals surface area contributed by atoms with E-state index in [1.807, 2.05) is 12.1 Å². The number of hydrazone groups is 1. The summed E-state index contributed by atoms with van der Waals surface area (Å²) in [6, 6.07) is 24.2. The Morgan fingerprint density at radius 2 is 1.67 bits per heavy atom. The number of hydrogen-bond donors (Lipinski definition) is 1. The first-order chi connectivity index (χ1) is 13.2. The Balaban J connectivity index is 1.62. The van der Waals surface area contributed by atoms with Crippen LogP contribution in [0.3, 0.4) is 0 Å². The van der Waals surface area contributed by atoms with Crippen molar-refractivity contribution in [2.24, 2.45) is 5.10 Å². The molecule has 3 aromatic carbocycles. The largest absolute Gasteiger partial charge is 0.367 e. The second-order valence-corrected chi connectivity index (χ2v) is 6.90. The third-order valence-corrected chi connectivity index (χ3v) is 4.92. The molecule has 27 heavy (non-hydrogen) atoms. The van der Waals surface area contributed by atoms with Crippen LogP contribution in [-0.2, 0) is 6.54 Å². The van der Waals surface area contributed by atoms with Crippen LogP contribution >= 0.6 is 23.2 Å². The quantitative estimate of drug-likeness (QED) is 0.365. The Bertz CT molecular complexity index is 893. The zero-order valence-electron chi connectivity index (χ0n) is 15.1. The van der Waals surface area contributed by atoms with Crippen molar-refractivity contribution in [3.63, 3.8) is 0 Å². The van der Waals surface area contributed by atoms with Crippen LogP contribution < -0.4 is 10.3 Å². The molecule has 5 heteroatoms. The topological polar surface area (TPSA) is 27.6 Å². The fourth-order valence-corrected chi connectivity index (χ4v) is 3.01. The van der Waals surface area contributed by atoms with Crippen LogP contribution in [0.4, 0.5) is 11.4 Å². The summed E-state index contributed by atoms with van der Waals surface area (Å²) in [5.74, 6) is 0. The molecule has 0 bridgehead atoms. The highest BCUT2D eigenvalue weighted by atomic mass is 35.5. The summed E-state index contributed by atoms with van der Waals surface area (Å²) < 4.78 is 0. The Hall–Kier alpha value is -2.49. The Morgan fingerprint density at radius 3 is 2.33 bits per heavy atom. The molecule has 1 N–H and O–H groups in total. The molecule has 0 atom stereocenters. The van der Waals surface area contributed by atoms with E-state index in [2.05, 4.69) is 70.9 Å². The van der Waals surface area contributed by atoms with E-state index in [1.165, 1.54) is 11.3 Å². The zero-order valence-corrected chi connectivity index (χ0v) is 16.6. The average molecular weight is 398 g/mol. The van der Waals surface area contributed by atoms with Crippen LogP contribution in [0.15, 0.2) is 77.9 Å². The van der Waals surface area contributed by atoms with Crippen molar-refractivity contribution in [1.82, 2.24) is 0 Å². The van der Waals surface area contributed by atoms with Crippen molar-refractivity contribution < 1.29 is 0 Å². The molecule has 0 aromatic heterocycles. The second kappa shape index (κ2) is 9.45. The maximum Gasteiger partial charge on any atom is 0.0613 e. The molecule has 3 nitrogen and oxygen atoms in total. The van der Waals surface area contributed by atoms with Gasteiger partial charge in [0.05, 0.1) is 21.9 Å². The SMILES string of the molecule is CCN(Cc1ccccc1)c1ccc(C=NNc2ccc(Cl)c(Cl)c2)cc1. The standard InChI is InChI=1S/C22H21Cl2N3/c1-2-27(16-18-6-4-3-5-7-18)20-11-8-17(9-12-20)15-25-26-19-10-13-21(23)22(24)14-19/h3-15,26H,2,16H2,1H3. The van der Waals surface area contributed by atoms with Crippen LogP contribution in [0.5, 0.6) is 0 Å². The first kappa shape index (κ1) is 19.3. The van der Waals surface area contributed by atoms with Gasteiger partial charge in [0.25, 0.3) is 0 Å². The molecule has 0 saturated carbocycles. The molecular formula is C22H21Cl2N3. The van der Waals surface area contributed by atoms with Gasteiger partial charge in [0.1, 0.15) is 0 Å². The van der Waals surface area contributed by atoms with Crippen molar-refractivity contribution in [2.75, 3.05) is 16.9 Å². The average Bonchev–Trinajstić information content (AvgIpc) is 2.70. The number of anilines is 2. The number of hydrogen-bond acceptors (Lipinski definition) is 3. The van der Waals surface area contributed by atoms with Gasteiger partial charge in [0.2, 0.25) is 0 Å². The van der Waals surface area contributed by atoms with Gasteiger partial charge in [0.15, 0.2) is 0 Å². The lowest BCUT2D eigenvalue weighted by Gasteiger charge is -2.23. The molecular weight excluding hydrogens is 377 g/mol. The number of halogens is 2. The molecule has 0 unspecified atom stereocenters. The lowest BCUT2D eigenvalue weighted by Crippen LogP contribution is -2.21. The predicted octanol–water partition coefficient (Wildman–Crippen LogP) is 6.47. The summed E-state index contributed by atoms with van der Waals surface area (Å²) in [6.07, 6.45) is 1.78. The molecule has 0 aliphatic heterocycles. The summed E-state index contributed by atoms with van der Waals surface area (Å²) in [4.78, 5) is 2.34. The van der Waals surface area contributed by atoms with Gasteiger partial charge >= 0.3 is 0 Å². The molecule has 0 amide bonds. The van der Waals surface area contributed by atoms with E-state index in [9.17, 15) is 0 Å². The highest BCUT2D eigenvalue weighted by Crippen LogP contribution is 2.25. The third kappa shape index (κ3) is 5.49. The molecule has 0 aliphatic rings. The summed E-state index contributed by atoms with van der Waals surface area (Å²) in [5.41, 5.74) is 7.26. The monoisotopic (exact) mass is 397 g/mol. The molecule has 3 rings (SSSR count). The highest BCUT2D eigenvalue weighted by Gasteiger charge is 2.05. The Kier molecular flexibility index (Phi) is 6.74.